The molecule has 4 nitrogen and oxygen atoms in total. The van der Waals surface area contributed by atoms with Crippen molar-refractivity contribution in [3.63, 3.8) is 0 Å². The maximum absolute atomic E-state index is 13.7. The first-order valence-corrected chi connectivity index (χ1v) is 11.6. The zero-order chi connectivity index (χ0) is 23.8. The Labute approximate surface area is 197 Å². The fourth-order valence-corrected chi connectivity index (χ4v) is 4.00. The van der Waals surface area contributed by atoms with Crippen LogP contribution in [0.1, 0.15) is 41.7 Å². The number of rotatable bonds is 9. The van der Waals surface area contributed by atoms with Crippen molar-refractivity contribution in [2.24, 2.45) is 0 Å². The Hall–Kier alpha value is -3.40. The molecule has 0 aromatic heterocycles. The van der Waals surface area contributed by atoms with Gasteiger partial charge < -0.3 is 10.2 Å². The van der Waals surface area contributed by atoms with Crippen molar-refractivity contribution in [2.45, 2.75) is 59.2 Å². The summed E-state index contributed by atoms with van der Waals surface area (Å²) in [6, 6.07) is 25.3. The van der Waals surface area contributed by atoms with Crippen molar-refractivity contribution in [1.82, 2.24) is 10.2 Å². The molecule has 0 saturated heterocycles. The molecule has 172 valence electrons. The second-order valence-electron chi connectivity index (χ2n) is 8.98. The monoisotopic (exact) mass is 442 g/mol. The molecule has 0 heterocycles. The average molecular weight is 443 g/mol. The number of aryl methyl sites for hydroxylation is 2. The van der Waals surface area contributed by atoms with E-state index in [4.69, 9.17) is 0 Å². The van der Waals surface area contributed by atoms with Crippen LogP contribution in [-0.2, 0) is 29.0 Å². The summed E-state index contributed by atoms with van der Waals surface area (Å²) in [6.07, 6.45) is 0.721. The van der Waals surface area contributed by atoms with Crippen molar-refractivity contribution < 1.29 is 9.59 Å². The minimum atomic E-state index is -0.605. The van der Waals surface area contributed by atoms with E-state index in [0.717, 1.165) is 27.8 Å². The largest absolute Gasteiger partial charge is 0.352 e. The summed E-state index contributed by atoms with van der Waals surface area (Å²) in [6.45, 7) is 8.34. The lowest BCUT2D eigenvalue weighted by Gasteiger charge is -2.32. The van der Waals surface area contributed by atoms with Gasteiger partial charge in [0.15, 0.2) is 0 Å². The van der Waals surface area contributed by atoms with Crippen molar-refractivity contribution in [2.75, 3.05) is 0 Å². The van der Waals surface area contributed by atoms with Gasteiger partial charge in [0.2, 0.25) is 11.8 Å². The number of carbonyl (C=O) groups excluding carboxylic acids is 2. The normalized spacial score (nSPS) is 11.8. The van der Waals surface area contributed by atoms with Gasteiger partial charge in [-0.3, -0.25) is 9.59 Å². The van der Waals surface area contributed by atoms with Gasteiger partial charge in [-0.1, -0.05) is 84.4 Å². The van der Waals surface area contributed by atoms with Gasteiger partial charge in [-0.05, 0) is 49.9 Å². The molecule has 0 saturated carbocycles. The van der Waals surface area contributed by atoms with Crippen LogP contribution in [0, 0.1) is 13.8 Å². The zero-order valence-electron chi connectivity index (χ0n) is 20.0. The van der Waals surface area contributed by atoms with E-state index in [1.54, 1.807) is 4.90 Å². The third-order valence-electron chi connectivity index (χ3n) is 5.74. The van der Waals surface area contributed by atoms with E-state index >= 15 is 0 Å². The highest BCUT2D eigenvalue weighted by Crippen LogP contribution is 2.19. The van der Waals surface area contributed by atoms with Gasteiger partial charge >= 0.3 is 0 Å². The SMILES string of the molecule is Cc1cccc(CC(=O)N(Cc2ccccc2C)C(Cc2ccccc2)C(=O)NC(C)C)c1. The van der Waals surface area contributed by atoms with Crippen LogP contribution in [0.5, 0.6) is 0 Å². The summed E-state index contributed by atoms with van der Waals surface area (Å²) in [5.41, 5.74) is 5.25. The summed E-state index contributed by atoms with van der Waals surface area (Å²) in [5.74, 6) is -0.177. The third-order valence-corrected chi connectivity index (χ3v) is 5.74. The molecule has 0 aliphatic carbocycles. The molecule has 3 aromatic rings. The summed E-state index contributed by atoms with van der Waals surface area (Å²) in [7, 11) is 0. The van der Waals surface area contributed by atoms with Crippen LogP contribution in [-0.4, -0.2) is 28.8 Å². The van der Waals surface area contributed by atoms with Gasteiger partial charge in [0.1, 0.15) is 6.04 Å². The van der Waals surface area contributed by atoms with Gasteiger partial charge in [-0.2, -0.15) is 0 Å². The summed E-state index contributed by atoms with van der Waals surface area (Å²) in [4.78, 5) is 28.8. The molecule has 1 N–H and O–H groups in total. The highest BCUT2D eigenvalue weighted by molar-refractivity contribution is 5.89. The van der Waals surface area contributed by atoms with Gasteiger partial charge in [0.05, 0.1) is 6.42 Å². The molecule has 1 atom stereocenters. The minimum Gasteiger partial charge on any atom is -0.352 e. The van der Waals surface area contributed by atoms with E-state index in [2.05, 4.69) is 5.32 Å². The van der Waals surface area contributed by atoms with Crippen molar-refractivity contribution >= 4 is 11.8 Å². The molecule has 0 spiro atoms. The molecular weight excluding hydrogens is 408 g/mol. The van der Waals surface area contributed by atoms with E-state index < -0.39 is 6.04 Å². The van der Waals surface area contributed by atoms with Gasteiger partial charge in [0.25, 0.3) is 0 Å². The standard InChI is InChI=1S/C29H34N2O2/c1-21(2)30-29(33)27(18-24-13-6-5-7-14-24)31(20-26-16-9-8-12-23(26)4)28(32)19-25-15-10-11-22(3)17-25/h5-17,21,27H,18-20H2,1-4H3,(H,30,33). The lowest BCUT2D eigenvalue weighted by atomic mass is 10.00. The van der Waals surface area contributed by atoms with E-state index in [1.165, 1.54) is 0 Å². The Kier molecular flexibility index (Phi) is 8.42. The van der Waals surface area contributed by atoms with Crippen molar-refractivity contribution in [3.05, 3.63) is 107 Å². The van der Waals surface area contributed by atoms with E-state index in [1.807, 2.05) is 107 Å². The molecule has 2 amide bonds. The van der Waals surface area contributed by atoms with Gasteiger partial charge in [-0.15, -0.1) is 0 Å². The predicted molar refractivity (Wildman–Crippen MR) is 134 cm³/mol. The number of carbonyl (C=O) groups is 2. The highest BCUT2D eigenvalue weighted by atomic mass is 16.2. The molecule has 0 aliphatic heterocycles. The Bertz CT molecular complexity index is 1080. The summed E-state index contributed by atoms with van der Waals surface area (Å²) >= 11 is 0. The van der Waals surface area contributed by atoms with Crippen molar-refractivity contribution in [3.8, 4) is 0 Å². The Morgan fingerprint density at radius 3 is 2.18 bits per heavy atom. The Balaban J connectivity index is 1.98. The average Bonchev–Trinajstić information content (AvgIpc) is 2.77. The molecule has 0 aliphatic rings. The summed E-state index contributed by atoms with van der Waals surface area (Å²) < 4.78 is 0. The molecule has 0 bridgehead atoms. The molecule has 1 unspecified atom stereocenters. The summed E-state index contributed by atoms with van der Waals surface area (Å²) in [5, 5.41) is 3.04. The van der Waals surface area contributed by atoms with Crippen LogP contribution < -0.4 is 5.32 Å². The van der Waals surface area contributed by atoms with Gasteiger partial charge in [-0.25, -0.2) is 0 Å². The van der Waals surface area contributed by atoms with E-state index in [-0.39, 0.29) is 24.3 Å². The zero-order valence-corrected chi connectivity index (χ0v) is 20.0. The molecular formula is C29H34N2O2. The van der Waals surface area contributed by atoms with Crippen LogP contribution in [0.2, 0.25) is 0 Å². The number of hydrogen-bond donors (Lipinski definition) is 1. The molecule has 33 heavy (non-hydrogen) atoms. The number of hydrogen-bond acceptors (Lipinski definition) is 2. The van der Waals surface area contributed by atoms with E-state index in [9.17, 15) is 9.59 Å². The van der Waals surface area contributed by atoms with E-state index in [0.29, 0.717) is 13.0 Å². The molecule has 4 heteroatoms. The van der Waals surface area contributed by atoms with Gasteiger partial charge in [0, 0.05) is 19.0 Å². The molecule has 3 aromatic carbocycles. The Morgan fingerprint density at radius 2 is 1.52 bits per heavy atom. The van der Waals surface area contributed by atoms with Crippen LogP contribution in [0.15, 0.2) is 78.9 Å². The topological polar surface area (TPSA) is 49.4 Å². The number of benzene rings is 3. The Morgan fingerprint density at radius 1 is 0.848 bits per heavy atom. The fourth-order valence-electron chi connectivity index (χ4n) is 4.00. The second-order valence-corrected chi connectivity index (χ2v) is 8.98. The lowest BCUT2D eigenvalue weighted by molar-refractivity contribution is -0.141. The smallest absolute Gasteiger partial charge is 0.243 e. The van der Waals surface area contributed by atoms with Crippen LogP contribution >= 0.6 is 0 Å². The lowest BCUT2D eigenvalue weighted by Crippen LogP contribution is -2.52. The number of nitrogens with zero attached hydrogens (tertiary/aromatic N) is 1. The number of amides is 2. The maximum atomic E-state index is 13.7. The first-order chi connectivity index (χ1) is 15.8. The van der Waals surface area contributed by atoms with Crippen molar-refractivity contribution in [1.29, 1.82) is 0 Å². The van der Waals surface area contributed by atoms with Crippen LogP contribution in [0.25, 0.3) is 0 Å². The predicted octanol–water partition coefficient (Wildman–Crippen LogP) is 5.01. The van der Waals surface area contributed by atoms with Crippen LogP contribution in [0.4, 0.5) is 0 Å². The maximum Gasteiger partial charge on any atom is 0.243 e. The first-order valence-electron chi connectivity index (χ1n) is 11.6. The molecule has 3 rings (SSSR count). The third kappa shape index (κ3) is 7.04. The molecule has 0 radical (unpaired) electrons. The molecule has 0 fully saturated rings. The minimum absolute atomic E-state index is 0.0111. The number of nitrogens with one attached hydrogen (secondary N) is 1. The fraction of sp³-hybridized carbons (Fsp3) is 0.310. The first kappa shape index (κ1) is 24.2. The quantitative estimate of drug-likeness (QED) is 0.506. The highest BCUT2D eigenvalue weighted by Gasteiger charge is 2.31. The second kappa shape index (κ2) is 11.5. The van der Waals surface area contributed by atoms with Crippen LogP contribution in [0.3, 0.4) is 0 Å².